The minimum absolute atomic E-state index is 0.148. The van der Waals surface area contributed by atoms with Crippen LogP contribution in [0.4, 0.5) is 0 Å². The Morgan fingerprint density at radius 1 is 1.00 bits per heavy atom. The minimum atomic E-state index is -0.148. The third-order valence-electron chi connectivity index (χ3n) is 6.01. The average molecular weight is 500 g/mol. The van der Waals surface area contributed by atoms with E-state index in [0.29, 0.717) is 18.8 Å². The molecule has 0 saturated carbocycles. The maximum absolute atomic E-state index is 12.5. The van der Waals surface area contributed by atoms with E-state index in [1.807, 2.05) is 43.6 Å². The van der Waals surface area contributed by atoms with Crippen molar-refractivity contribution in [2.24, 2.45) is 7.05 Å². The van der Waals surface area contributed by atoms with Crippen LogP contribution in [0, 0.1) is 0 Å². The Bertz CT molecular complexity index is 1010. The van der Waals surface area contributed by atoms with Crippen LogP contribution in [0.1, 0.15) is 73.5 Å². The number of amides is 1. The lowest BCUT2D eigenvalue weighted by Crippen LogP contribution is -2.33. The van der Waals surface area contributed by atoms with Gasteiger partial charge >= 0.3 is 0 Å². The van der Waals surface area contributed by atoms with Crippen LogP contribution in [0.5, 0.6) is 11.5 Å². The van der Waals surface area contributed by atoms with Crippen molar-refractivity contribution in [3.8, 4) is 11.5 Å². The number of rotatable bonds is 16. The number of carbonyl (C=O) groups is 1. The first-order chi connectivity index (χ1) is 17.5. The molecule has 2 heterocycles. The first kappa shape index (κ1) is 27.3. The molecule has 3 rings (SSSR count). The fourth-order valence-electron chi connectivity index (χ4n) is 4.04. The van der Waals surface area contributed by atoms with Gasteiger partial charge in [-0.15, -0.1) is 10.6 Å². The summed E-state index contributed by atoms with van der Waals surface area (Å²) in [6, 6.07) is 3.70. The van der Waals surface area contributed by atoms with Gasteiger partial charge in [-0.3, -0.25) is 14.5 Å². The van der Waals surface area contributed by atoms with Crippen LogP contribution in [0.2, 0.25) is 0 Å². The summed E-state index contributed by atoms with van der Waals surface area (Å²) in [6.07, 6.45) is 12.5. The molecule has 0 fully saturated rings. The van der Waals surface area contributed by atoms with Crippen LogP contribution in [-0.4, -0.2) is 53.2 Å². The predicted molar refractivity (Wildman–Crippen MR) is 139 cm³/mol. The summed E-state index contributed by atoms with van der Waals surface area (Å²) in [5.74, 6) is 1.34. The summed E-state index contributed by atoms with van der Waals surface area (Å²) in [6.45, 7) is 3.33. The van der Waals surface area contributed by atoms with Crippen molar-refractivity contribution in [1.82, 2.24) is 36.3 Å². The number of hydrogen-bond acceptors (Lipinski definition) is 8. The number of ether oxygens (including phenoxy) is 2. The molecule has 1 aromatic carbocycles. The molecule has 10 heteroatoms. The minimum Gasteiger partial charge on any atom is -0.493 e. The topological polar surface area (TPSA) is 106 Å². The Morgan fingerprint density at radius 3 is 2.25 bits per heavy atom. The van der Waals surface area contributed by atoms with Gasteiger partial charge in [0, 0.05) is 50.4 Å². The molecule has 0 aliphatic carbocycles. The van der Waals surface area contributed by atoms with E-state index in [1.54, 1.807) is 11.7 Å². The van der Waals surface area contributed by atoms with Gasteiger partial charge in [0.2, 0.25) is 0 Å². The molecule has 0 unspecified atom stereocenters. The monoisotopic (exact) mass is 499 g/mol. The zero-order chi connectivity index (χ0) is 25.8. The summed E-state index contributed by atoms with van der Waals surface area (Å²) in [4.78, 5) is 12.5. The van der Waals surface area contributed by atoms with Gasteiger partial charge in [0.25, 0.3) is 5.91 Å². The molecule has 1 aliphatic heterocycles. The van der Waals surface area contributed by atoms with E-state index in [4.69, 9.17) is 9.47 Å². The highest BCUT2D eigenvalue weighted by Crippen LogP contribution is 2.33. The summed E-state index contributed by atoms with van der Waals surface area (Å²) < 4.78 is 14.2. The summed E-state index contributed by atoms with van der Waals surface area (Å²) in [5, 5.41) is 12.7. The fraction of sp³-hybridized carbons (Fsp3) is 0.577. The van der Waals surface area contributed by atoms with Gasteiger partial charge in [0.15, 0.2) is 0 Å². The van der Waals surface area contributed by atoms with E-state index in [0.717, 1.165) is 86.2 Å². The highest BCUT2D eigenvalue weighted by atomic mass is 16.5. The number of aryl methyl sites for hydroxylation is 2. The number of benzene rings is 1. The molecule has 1 aliphatic rings. The first-order valence-corrected chi connectivity index (χ1v) is 12.9. The van der Waals surface area contributed by atoms with Gasteiger partial charge in [-0.05, 0) is 63.5 Å². The Balaban J connectivity index is 1.61. The van der Waals surface area contributed by atoms with Crippen molar-refractivity contribution in [2.45, 2.75) is 64.7 Å². The molecular weight excluding hydrogens is 458 g/mol. The average Bonchev–Trinajstić information content (AvgIpc) is 3.49. The number of hydrogen-bond donors (Lipinski definition) is 3. The van der Waals surface area contributed by atoms with E-state index in [2.05, 4.69) is 33.5 Å². The normalized spacial score (nSPS) is 12.9. The highest BCUT2D eigenvalue weighted by molar-refractivity contribution is 5.95. The Labute approximate surface area is 214 Å². The number of carbonyl (C=O) groups excluding carboxylic acids is 1. The molecule has 3 N–H and O–H groups in total. The SMILES string of the molecule is CCCCc1c(OCCCCC2=CN(C)NN2)cc(C(=O)NC)cc1OCCCCc1cn(C)nn1. The summed E-state index contributed by atoms with van der Waals surface area (Å²) in [7, 11) is 5.47. The predicted octanol–water partition coefficient (Wildman–Crippen LogP) is 3.26. The van der Waals surface area contributed by atoms with Crippen LogP contribution in [0.15, 0.2) is 30.2 Å². The zero-order valence-electron chi connectivity index (χ0n) is 22.1. The lowest BCUT2D eigenvalue weighted by atomic mass is 10.0. The van der Waals surface area contributed by atoms with E-state index in [9.17, 15) is 4.79 Å². The fourth-order valence-corrected chi connectivity index (χ4v) is 4.04. The van der Waals surface area contributed by atoms with Gasteiger partial charge in [-0.25, -0.2) is 0 Å². The largest absolute Gasteiger partial charge is 0.493 e. The number of nitrogens with zero attached hydrogens (tertiary/aromatic N) is 4. The van der Waals surface area contributed by atoms with Crippen LogP contribution in [0.3, 0.4) is 0 Å². The third-order valence-corrected chi connectivity index (χ3v) is 6.01. The third kappa shape index (κ3) is 8.44. The lowest BCUT2D eigenvalue weighted by molar-refractivity contribution is 0.0962. The Hall–Kier alpha value is -3.27. The van der Waals surface area contributed by atoms with Crippen LogP contribution in [-0.2, 0) is 19.9 Å². The molecule has 0 saturated heterocycles. The summed E-state index contributed by atoms with van der Waals surface area (Å²) in [5.41, 5.74) is 9.92. The van der Waals surface area contributed by atoms with E-state index in [-0.39, 0.29) is 5.91 Å². The van der Waals surface area contributed by atoms with Crippen molar-refractivity contribution in [2.75, 3.05) is 27.3 Å². The van der Waals surface area contributed by atoms with Crippen LogP contribution < -0.4 is 25.8 Å². The van der Waals surface area contributed by atoms with Crippen molar-refractivity contribution >= 4 is 5.91 Å². The standard InChI is InChI=1S/C26H41N7O3/c1-5-6-13-23-24(35-14-9-7-11-21-18-32(3)30-28-21)16-20(26(34)27-2)17-25(23)36-15-10-8-12-22-19-33(4)31-29-22/h16-19,28,30H,5-15H2,1-4H3,(H,27,34). The van der Waals surface area contributed by atoms with Gasteiger partial charge < -0.3 is 20.2 Å². The van der Waals surface area contributed by atoms with Crippen molar-refractivity contribution in [1.29, 1.82) is 0 Å². The summed E-state index contributed by atoms with van der Waals surface area (Å²) >= 11 is 0. The van der Waals surface area contributed by atoms with Gasteiger partial charge in [-0.2, -0.15) is 0 Å². The molecule has 2 aromatic rings. The smallest absolute Gasteiger partial charge is 0.251 e. The molecule has 1 amide bonds. The van der Waals surface area contributed by atoms with Crippen molar-refractivity contribution in [3.63, 3.8) is 0 Å². The lowest BCUT2D eigenvalue weighted by Gasteiger charge is -2.18. The van der Waals surface area contributed by atoms with Crippen molar-refractivity contribution < 1.29 is 14.3 Å². The molecule has 36 heavy (non-hydrogen) atoms. The number of unbranched alkanes of at least 4 members (excludes halogenated alkanes) is 3. The Kier molecular flexibility index (Phi) is 10.9. The van der Waals surface area contributed by atoms with E-state index < -0.39 is 0 Å². The molecule has 198 valence electrons. The number of allylic oxidation sites excluding steroid dienone is 1. The second kappa shape index (κ2) is 14.3. The maximum Gasteiger partial charge on any atom is 0.251 e. The van der Waals surface area contributed by atoms with Gasteiger partial charge in [0.1, 0.15) is 11.5 Å². The van der Waals surface area contributed by atoms with Gasteiger partial charge in [-0.1, -0.05) is 18.6 Å². The quantitative estimate of drug-likeness (QED) is 0.302. The molecule has 10 nitrogen and oxygen atoms in total. The first-order valence-electron chi connectivity index (χ1n) is 12.9. The number of hydrazine groups is 2. The molecule has 1 aromatic heterocycles. The van der Waals surface area contributed by atoms with Gasteiger partial charge in [0.05, 0.1) is 18.9 Å². The molecule has 0 bridgehead atoms. The highest BCUT2D eigenvalue weighted by Gasteiger charge is 2.17. The molecule has 0 spiro atoms. The van der Waals surface area contributed by atoms with Crippen molar-refractivity contribution in [3.05, 3.63) is 47.0 Å². The molecule has 0 atom stereocenters. The van der Waals surface area contributed by atoms with E-state index in [1.165, 1.54) is 0 Å². The number of aromatic nitrogens is 3. The second-order valence-corrected chi connectivity index (χ2v) is 9.13. The molecule has 0 radical (unpaired) electrons. The second-order valence-electron chi connectivity index (χ2n) is 9.13. The maximum atomic E-state index is 12.5. The zero-order valence-corrected chi connectivity index (χ0v) is 22.1. The van der Waals surface area contributed by atoms with Crippen LogP contribution >= 0.6 is 0 Å². The Morgan fingerprint density at radius 2 is 1.69 bits per heavy atom. The molecular formula is C26H41N7O3. The van der Waals surface area contributed by atoms with E-state index >= 15 is 0 Å². The van der Waals surface area contributed by atoms with Crippen LogP contribution in [0.25, 0.3) is 0 Å². The number of nitrogens with one attached hydrogen (secondary N) is 3.